The quantitative estimate of drug-likeness (QED) is 0.830. The minimum absolute atomic E-state index is 0.314. The number of rotatable bonds is 5. The Labute approximate surface area is 119 Å². The van der Waals surface area contributed by atoms with Crippen molar-refractivity contribution in [3.63, 3.8) is 0 Å². The number of amides is 1. The van der Waals surface area contributed by atoms with Crippen LogP contribution in [0.2, 0.25) is 0 Å². The molecule has 0 N–H and O–H groups in total. The van der Waals surface area contributed by atoms with Crippen LogP contribution in [0.5, 0.6) is 0 Å². The zero-order chi connectivity index (χ0) is 13.8. The summed E-state index contributed by atoms with van der Waals surface area (Å²) in [5.74, 6) is 0.902. The van der Waals surface area contributed by atoms with Crippen LogP contribution >= 0.6 is 11.3 Å². The van der Waals surface area contributed by atoms with E-state index in [2.05, 4.69) is 30.8 Å². The van der Waals surface area contributed by atoms with E-state index in [1.54, 1.807) is 11.3 Å². The molecule has 1 fully saturated rings. The maximum atomic E-state index is 11.8. The summed E-state index contributed by atoms with van der Waals surface area (Å²) in [4.78, 5) is 20.5. The monoisotopic (exact) mass is 281 g/mol. The van der Waals surface area contributed by atoms with Gasteiger partial charge in [-0.2, -0.15) is 0 Å². The van der Waals surface area contributed by atoms with Gasteiger partial charge < -0.3 is 4.90 Å². The molecule has 1 atom stereocenters. The first kappa shape index (κ1) is 14.5. The molecule has 0 bridgehead atoms. The number of piperidine rings is 1. The van der Waals surface area contributed by atoms with E-state index in [0.29, 0.717) is 24.3 Å². The second-order valence-electron chi connectivity index (χ2n) is 5.67. The van der Waals surface area contributed by atoms with Gasteiger partial charge in [0.2, 0.25) is 5.91 Å². The number of aromatic nitrogens is 1. The summed E-state index contributed by atoms with van der Waals surface area (Å²) in [5.41, 5.74) is 0. The molecule has 1 aliphatic heterocycles. The lowest BCUT2D eigenvalue weighted by Crippen LogP contribution is -2.46. The van der Waals surface area contributed by atoms with Crippen LogP contribution in [0.1, 0.15) is 31.7 Å². The van der Waals surface area contributed by atoms with E-state index >= 15 is 0 Å². The van der Waals surface area contributed by atoms with Gasteiger partial charge in [-0.3, -0.25) is 9.69 Å². The van der Waals surface area contributed by atoms with Crippen molar-refractivity contribution in [1.29, 1.82) is 0 Å². The molecule has 1 aromatic heterocycles. The zero-order valence-corrected chi connectivity index (χ0v) is 12.8. The van der Waals surface area contributed by atoms with Gasteiger partial charge in [0.15, 0.2) is 0 Å². The van der Waals surface area contributed by atoms with E-state index in [1.807, 2.05) is 16.5 Å². The van der Waals surface area contributed by atoms with Gasteiger partial charge >= 0.3 is 0 Å². The largest absolute Gasteiger partial charge is 0.340 e. The van der Waals surface area contributed by atoms with E-state index in [-0.39, 0.29) is 0 Å². The number of thiazole rings is 1. The normalized spacial score (nSPS) is 20.6. The van der Waals surface area contributed by atoms with Crippen molar-refractivity contribution in [3.05, 3.63) is 16.6 Å². The lowest BCUT2D eigenvalue weighted by atomic mass is 9.96. The maximum Gasteiger partial charge on any atom is 0.222 e. The Morgan fingerprint density at radius 2 is 2.37 bits per heavy atom. The molecule has 1 aromatic rings. The van der Waals surface area contributed by atoms with Crippen molar-refractivity contribution >= 4 is 17.2 Å². The minimum atomic E-state index is 0.314. The Morgan fingerprint density at radius 3 is 3.00 bits per heavy atom. The number of hydrogen-bond donors (Lipinski definition) is 0. The summed E-state index contributed by atoms with van der Waals surface area (Å²) in [7, 11) is 2.14. The molecule has 4 nitrogen and oxygen atoms in total. The highest BCUT2D eigenvalue weighted by Gasteiger charge is 2.27. The molecule has 1 saturated heterocycles. The highest BCUT2D eigenvalue weighted by atomic mass is 32.1. The van der Waals surface area contributed by atoms with E-state index < -0.39 is 0 Å². The molecule has 19 heavy (non-hydrogen) atoms. The van der Waals surface area contributed by atoms with Crippen molar-refractivity contribution in [2.75, 3.05) is 20.1 Å². The topological polar surface area (TPSA) is 36.4 Å². The molecule has 0 aliphatic carbocycles. The Balaban J connectivity index is 1.83. The summed E-state index contributed by atoms with van der Waals surface area (Å²) >= 11 is 1.70. The Hall–Kier alpha value is -0.940. The third kappa shape index (κ3) is 4.01. The summed E-state index contributed by atoms with van der Waals surface area (Å²) in [6, 6.07) is 0.319. The first-order valence-corrected chi connectivity index (χ1v) is 7.80. The van der Waals surface area contributed by atoms with Gasteiger partial charge in [0.25, 0.3) is 0 Å². The molecule has 5 heteroatoms. The Kier molecular flexibility index (Phi) is 4.93. The maximum absolute atomic E-state index is 11.8. The van der Waals surface area contributed by atoms with Gasteiger partial charge in [0.05, 0.1) is 6.54 Å². The molecule has 0 radical (unpaired) electrons. The van der Waals surface area contributed by atoms with Crippen LogP contribution in [0.4, 0.5) is 0 Å². The first-order valence-electron chi connectivity index (χ1n) is 6.92. The molecular formula is C14H23N3OS. The van der Waals surface area contributed by atoms with Crippen molar-refractivity contribution in [1.82, 2.24) is 14.8 Å². The molecule has 2 rings (SSSR count). The fourth-order valence-electron chi connectivity index (χ4n) is 2.66. The van der Waals surface area contributed by atoms with Crippen LogP contribution in [-0.4, -0.2) is 46.9 Å². The second kappa shape index (κ2) is 6.48. The van der Waals surface area contributed by atoms with Crippen LogP contribution in [0, 0.1) is 5.92 Å². The number of hydrogen-bond acceptors (Lipinski definition) is 4. The number of likely N-dealkylation sites (tertiary alicyclic amines) is 1. The lowest BCUT2D eigenvalue weighted by Gasteiger charge is -2.36. The van der Waals surface area contributed by atoms with Crippen LogP contribution < -0.4 is 0 Å². The predicted molar refractivity (Wildman–Crippen MR) is 78.0 cm³/mol. The van der Waals surface area contributed by atoms with E-state index in [0.717, 1.165) is 31.1 Å². The molecule has 1 amide bonds. The standard InChI is InChI=1S/C14H23N3OS/c1-11(2)17-9-12(4-5-14(17)18)8-16(3)10-13-15-6-7-19-13/h6-7,11-12H,4-5,8-10H2,1-3H3. The minimum Gasteiger partial charge on any atom is -0.340 e. The van der Waals surface area contributed by atoms with Gasteiger partial charge in [-0.05, 0) is 33.2 Å². The summed E-state index contributed by atoms with van der Waals surface area (Å²) < 4.78 is 0. The lowest BCUT2D eigenvalue weighted by molar-refractivity contribution is -0.136. The van der Waals surface area contributed by atoms with Crippen molar-refractivity contribution in [2.45, 2.75) is 39.3 Å². The molecule has 1 aliphatic rings. The van der Waals surface area contributed by atoms with Gasteiger partial charge in [-0.25, -0.2) is 4.98 Å². The summed E-state index contributed by atoms with van der Waals surface area (Å²) in [5, 5.41) is 3.18. The summed E-state index contributed by atoms with van der Waals surface area (Å²) in [6.07, 6.45) is 3.58. The van der Waals surface area contributed by atoms with Crippen LogP contribution in [0.25, 0.3) is 0 Å². The van der Waals surface area contributed by atoms with Crippen molar-refractivity contribution in [2.24, 2.45) is 5.92 Å². The number of carbonyl (C=O) groups is 1. The van der Waals surface area contributed by atoms with E-state index in [4.69, 9.17) is 0 Å². The van der Waals surface area contributed by atoms with Crippen LogP contribution in [0.3, 0.4) is 0 Å². The van der Waals surface area contributed by atoms with Crippen molar-refractivity contribution in [3.8, 4) is 0 Å². The summed E-state index contributed by atoms with van der Waals surface area (Å²) in [6.45, 7) is 7.04. The van der Waals surface area contributed by atoms with Gasteiger partial charge in [-0.1, -0.05) is 0 Å². The third-order valence-corrected chi connectivity index (χ3v) is 4.39. The number of carbonyl (C=O) groups excluding carboxylic acids is 1. The zero-order valence-electron chi connectivity index (χ0n) is 12.0. The van der Waals surface area contributed by atoms with Crippen molar-refractivity contribution < 1.29 is 4.79 Å². The average Bonchev–Trinajstić information content (AvgIpc) is 2.84. The third-order valence-electron chi connectivity index (χ3n) is 3.62. The molecule has 0 spiro atoms. The predicted octanol–water partition coefficient (Wildman–Crippen LogP) is 2.22. The van der Waals surface area contributed by atoms with Crippen LogP contribution in [0.15, 0.2) is 11.6 Å². The molecule has 106 valence electrons. The first-order chi connectivity index (χ1) is 9.06. The fourth-order valence-corrected chi connectivity index (χ4v) is 3.35. The van der Waals surface area contributed by atoms with E-state index in [1.165, 1.54) is 0 Å². The molecular weight excluding hydrogens is 258 g/mol. The smallest absolute Gasteiger partial charge is 0.222 e. The Morgan fingerprint density at radius 1 is 1.58 bits per heavy atom. The molecule has 2 heterocycles. The molecule has 1 unspecified atom stereocenters. The molecule has 0 aromatic carbocycles. The highest BCUT2D eigenvalue weighted by Crippen LogP contribution is 2.21. The Bertz CT molecular complexity index is 405. The van der Waals surface area contributed by atoms with Gasteiger partial charge in [0, 0.05) is 37.1 Å². The van der Waals surface area contributed by atoms with Crippen LogP contribution in [-0.2, 0) is 11.3 Å². The average molecular weight is 281 g/mol. The van der Waals surface area contributed by atoms with Gasteiger partial charge in [-0.15, -0.1) is 11.3 Å². The van der Waals surface area contributed by atoms with E-state index in [9.17, 15) is 4.79 Å². The van der Waals surface area contributed by atoms with Gasteiger partial charge in [0.1, 0.15) is 5.01 Å². The second-order valence-corrected chi connectivity index (χ2v) is 6.65. The fraction of sp³-hybridized carbons (Fsp3) is 0.714. The highest BCUT2D eigenvalue weighted by molar-refractivity contribution is 7.09. The number of nitrogens with zero attached hydrogens (tertiary/aromatic N) is 3. The molecule has 0 saturated carbocycles. The SMILES string of the molecule is CC(C)N1CC(CN(C)Cc2nccs2)CCC1=O.